The van der Waals surface area contributed by atoms with Gasteiger partial charge in [0.1, 0.15) is 0 Å². The van der Waals surface area contributed by atoms with Gasteiger partial charge in [-0.2, -0.15) is 0 Å². The minimum atomic E-state index is -0.0751. The molecule has 0 unspecified atom stereocenters. The lowest BCUT2D eigenvalue weighted by atomic mass is 10.1. The van der Waals surface area contributed by atoms with Crippen molar-refractivity contribution in [2.75, 3.05) is 31.6 Å². The molecule has 0 saturated heterocycles. The van der Waals surface area contributed by atoms with E-state index in [1.807, 2.05) is 6.07 Å². The third kappa shape index (κ3) is 2.31. The maximum atomic E-state index is 11.8. The Labute approximate surface area is 147 Å². The Hall–Kier alpha value is -1.18. The highest BCUT2D eigenvalue weighted by atomic mass is 79.9. The van der Waals surface area contributed by atoms with Gasteiger partial charge < -0.3 is 14.5 Å². The molecule has 1 aromatic rings. The fourth-order valence-electron chi connectivity index (χ4n) is 2.67. The van der Waals surface area contributed by atoms with Crippen molar-refractivity contribution in [3.05, 3.63) is 28.1 Å². The largest absolute Gasteiger partial charge is 0.481 e. The van der Waals surface area contributed by atoms with Crippen LogP contribution in [0.25, 0.3) is 5.70 Å². The molecule has 4 rings (SSSR count). The number of hydrogen-bond acceptors (Lipinski definition) is 5. The topological polar surface area (TPSA) is 45.1 Å². The van der Waals surface area contributed by atoms with Crippen molar-refractivity contribution in [3.8, 4) is 5.75 Å². The summed E-state index contributed by atoms with van der Waals surface area (Å²) >= 11 is 7.85. The summed E-state index contributed by atoms with van der Waals surface area (Å²) in [7, 11) is 1.74. The maximum absolute atomic E-state index is 11.8. The molecule has 22 heavy (non-hydrogen) atoms. The van der Waals surface area contributed by atoms with Crippen molar-refractivity contribution in [1.82, 2.24) is 4.90 Å². The van der Waals surface area contributed by atoms with E-state index >= 15 is 0 Å². The first kappa shape index (κ1) is 15.7. The van der Waals surface area contributed by atoms with E-state index in [1.54, 1.807) is 29.8 Å². The summed E-state index contributed by atoms with van der Waals surface area (Å²) in [6.45, 7) is 1.73. The Bertz CT molecular complexity index is 722. The summed E-state index contributed by atoms with van der Waals surface area (Å²) in [6, 6.07) is 3.65. The normalized spacial score (nSPS) is 19.1. The quantitative estimate of drug-likeness (QED) is 0.724. The number of amides is 1. The predicted molar refractivity (Wildman–Crippen MR) is 95.3 cm³/mol. The predicted octanol–water partition coefficient (Wildman–Crippen LogP) is 2.99. The molecule has 0 saturated carbocycles. The lowest BCUT2D eigenvalue weighted by Crippen LogP contribution is -2.36. The first-order chi connectivity index (χ1) is 10.1. The van der Waals surface area contributed by atoms with Crippen LogP contribution in [0.1, 0.15) is 5.56 Å². The number of amidine groups is 1. The van der Waals surface area contributed by atoms with Crippen molar-refractivity contribution in [2.45, 2.75) is 0 Å². The Balaban J connectivity index is 0.00000144. The smallest absolute Gasteiger partial charge is 0.264 e. The molecule has 3 aliphatic rings. The van der Waals surface area contributed by atoms with Crippen LogP contribution in [-0.2, 0) is 4.79 Å². The molecule has 1 aromatic carbocycles. The minimum Gasteiger partial charge on any atom is -0.481 e. The zero-order chi connectivity index (χ0) is 14.6. The monoisotopic (exact) mass is 401 g/mol. The number of thioether (sulfide) groups is 1. The van der Waals surface area contributed by atoms with Gasteiger partial charge >= 0.3 is 0 Å². The van der Waals surface area contributed by atoms with E-state index in [2.05, 4.69) is 15.3 Å². The van der Waals surface area contributed by atoms with Crippen LogP contribution in [0.4, 0.5) is 5.69 Å². The summed E-state index contributed by atoms with van der Waals surface area (Å²) in [5, 5.41) is 3.66. The second kappa shape index (κ2) is 5.79. The fraction of sp³-hybridized carbons (Fsp3) is 0.286. The highest BCUT2D eigenvalue weighted by Gasteiger charge is 2.32. The number of aliphatic imine (C=N–C) groups is 1. The molecule has 0 bridgehead atoms. The number of nitrogens with zero attached hydrogens (tertiary/aromatic N) is 3. The maximum Gasteiger partial charge on any atom is 0.264 e. The van der Waals surface area contributed by atoms with Gasteiger partial charge in [-0.15, -0.1) is 17.0 Å². The van der Waals surface area contributed by atoms with Gasteiger partial charge in [0.25, 0.3) is 5.91 Å². The summed E-state index contributed by atoms with van der Waals surface area (Å²) < 4.78 is 5.69. The van der Waals surface area contributed by atoms with Gasteiger partial charge in [0.15, 0.2) is 17.5 Å². The van der Waals surface area contributed by atoms with Gasteiger partial charge in [-0.05, 0) is 12.1 Å². The first-order valence-electron chi connectivity index (χ1n) is 6.57. The van der Waals surface area contributed by atoms with Crippen LogP contribution in [0.15, 0.2) is 22.5 Å². The number of carbonyl (C=O) groups is 1. The number of benzene rings is 1. The third-order valence-electron chi connectivity index (χ3n) is 3.75. The average molecular weight is 403 g/mol. The van der Waals surface area contributed by atoms with Crippen LogP contribution in [0.3, 0.4) is 0 Å². The number of carbonyl (C=O) groups excluding carboxylic acids is 1. The van der Waals surface area contributed by atoms with E-state index in [9.17, 15) is 4.79 Å². The van der Waals surface area contributed by atoms with Crippen LogP contribution in [0, 0.1) is 0 Å². The average Bonchev–Trinajstić information content (AvgIpc) is 3.05. The van der Waals surface area contributed by atoms with Gasteiger partial charge in [-0.25, -0.2) is 0 Å². The van der Waals surface area contributed by atoms with E-state index in [-0.39, 0.29) is 29.5 Å². The van der Waals surface area contributed by atoms with Crippen molar-refractivity contribution in [2.24, 2.45) is 4.99 Å². The number of likely N-dealkylation sites (N-methyl/N-ethyl adjacent to an activating group) is 1. The van der Waals surface area contributed by atoms with Crippen LogP contribution < -0.4 is 9.64 Å². The number of hydrogen-bond donors (Lipinski definition) is 0. The number of ether oxygens (including phenoxy) is 1. The van der Waals surface area contributed by atoms with Crippen molar-refractivity contribution in [3.63, 3.8) is 0 Å². The Morgan fingerprint density at radius 2 is 2.23 bits per heavy atom. The van der Waals surface area contributed by atoms with Crippen LogP contribution in [0.5, 0.6) is 5.75 Å². The molecule has 0 radical (unpaired) electrons. The van der Waals surface area contributed by atoms with Gasteiger partial charge in [-0.1, -0.05) is 23.4 Å². The van der Waals surface area contributed by atoms with E-state index in [0.29, 0.717) is 16.5 Å². The van der Waals surface area contributed by atoms with Crippen molar-refractivity contribution >= 4 is 62.8 Å². The lowest BCUT2D eigenvalue weighted by Gasteiger charge is -2.29. The molecule has 8 heteroatoms. The Kier molecular flexibility index (Phi) is 4.13. The van der Waals surface area contributed by atoms with Gasteiger partial charge in [0, 0.05) is 29.6 Å². The Morgan fingerprint density at radius 3 is 3.05 bits per heavy atom. The van der Waals surface area contributed by atoms with Crippen LogP contribution >= 0.6 is 40.3 Å². The van der Waals surface area contributed by atoms with E-state index in [4.69, 9.17) is 16.3 Å². The molecule has 0 aliphatic carbocycles. The summed E-state index contributed by atoms with van der Waals surface area (Å²) in [4.78, 5) is 20.0. The van der Waals surface area contributed by atoms with E-state index < -0.39 is 0 Å². The Morgan fingerprint density at radius 1 is 1.41 bits per heavy atom. The summed E-state index contributed by atoms with van der Waals surface area (Å²) in [6.07, 6.45) is 0. The highest BCUT2D eigenvalue weighted by molar-refractivity contribution is 8.93. The molecule has 0 fully saturated rings. The molecule has 0 N–H and O–H groups in total. The first-order valence-corrected chi connectivity index (χ1v) is 7.83. The number of rotatable bonds is 1. The molecule has 0 atom stereocenters. The van der Waals surface area contributed by atoms with Gasteiger partial charge in [0.2, 0.25) is 0 Å². The molecule has 3 heterocycles. The third-order valence-corrected chi connectivity index (χ3v) is 4.87. The number of anilines is 1. The fourth-order valence-corrected chi connectivity index (χ4v) is 3.83. The summed E-state index contributed by atoms with van der Waals surface area (Å²) in [5.41, 5.74) is 2.67. The van der Waals surface area contributed by atoms with Gasteiger partial charge in [-0.3, -0.25) is 9.79 Å². The standard InChI is InChI=1S/C14H12ClN3O2S.BrH/c1-17-10-5-8(15)4-9(13(10)20-6-12(17)19)11-7-21-14-16-2-3-18(11)14;/h4-5,7H,2-3,6H2,1H3;1H. The van der Waals surface area contributed by atoms with Crippen molar-refractivity contribution < 1.29 is 9.53 Å². The number of fused-ring (bicyclic) bond motifs is 2. The molecule has 0 aromatic heterocycles. The van der Waals surface area contributed by atoms with Crippen LogP contribution in [-0.4, -0.2) is 42.7 Å². The molecule has 5 nitrogen and oxygen atoms in total. The zero-order valence-electron chi connectivity index (χ0n) is 11.7. The molecular weight excluding hydrogens is 390 g/mol. The molecular formula is C14H13BrClN3O2S. The molecule has 0 spiro atoms. The molecule has 116 valence electrons. The number of halogens is 2. The molecule has 1 amide bonds. The van der Waals surface area contributed by atoms with Crippen LogP contribution in [0.2, 0.25) is 5.02 Å². The SMILES string of the molecule is Br.CN1C(=O)COc2c(C3=CSC4=NCCN34)cc(Cl)cc21. The highest BCUT2D eigenvalue weighted by Crippen LogP contribution is 2.45. The van der Waals surface area contributed by atoms with Crippen molar-refractivity contribution in [1.29, 1.82) is 0 Å². The zero-order valence-corrected chi connectivity index (χ0v) is 15.0. The summed E-state index contributed by atoms with van der Waals surface area (Å²) in [5.74, 6) is 0.635. The second-order valence-corrected chi connectivity index (χ2v) is 6.25. The second-order valence-electron chi connectivity index (χ2n) is 4.98. The van der Waals surface area contributed by atoms with E-state index in [0.717, 1.165) is 29.5 Å². The lowest BCUT2D eigenvalue weighted by molar-refractivity contribution is -0.120. The molecule has 3 aliphatic heterocycles. The minimum absolute atomic E-state index is 0. The van der Waals surface area contributed by atoms with Gasteiger partial charge in [0.05, 0.1) is 17.9 Å². The van der Waals surface area contributed by atoms with E-state index in [1.165, 1.54) is 0 Å².